The summed E-state index contributed by atoms with van der Waals surface area (Å²) in [5, 5.41) is 6.52. The number of hydrogen-bond acceptors (Lipinski definition) is 5. The van der Waals surface area contributed by atoms with Crippen LogP contribution >= 0.6 is 35.4 Å². The maximum atomic E-state index is 11.8. The highest BCUT2D eigenvalue weighted by molar-refractivity contribution is 7.80. The fourth-order valence-corrected chi connectivity index (χ4v) is 3.37. The van der Waals surface area contributed by atoms with Crippen LogP contribution in [0.15, 0.2) is 42.1 Å². The van der Waals surface area contributed by atoms with Gasteiger partial charge in [-0.1, -0.05) is 35.3 Å². The number of carbonyl (C=O) groups is 1. The van der Waals surface area contributed by atoms with Gasteiger partial charge in [-0.15, -0.1) is 0 Å². The van der Waals surface area contributed by atoms with Crippen molar-refractivity contribution in [1.82, 2.24) is 10.6 Å². The highest BCUT2D eigenvalue weighted by atomic mass is 35.5. The van der Waals surface area contributed by atoms with Crippen molar-refractivity contribution in [2.75, 3.05) is 19.8 Å². The van der Waals surface area contributed by atoms with Crippen LogP contribution in [0.5, 0.6) is 17.2 Å². The second-order valence-corrected chi connectivity index (χ2v) is 7.43. The highest BCUT2D eigenvalue weighted by Gasteiger charge is 2.21. The van der Waals surface area contributed by atoms with Gasteiger partial charge in [-0.3, -0.25) is 10.1 Å². The smallest absolute Gasteiger partial charge is 0.273 e. The van der Waals surface area contributed by atoms with E-state index in [9.17, 15) is 4.79 Å². The van der Waals surface area contributed by atoms with Crippen molar-refractivity contribution in [3.05, 3.63) is 57.7 Å². The lowest BCUT2D eigenvalue weighted by Crippen LogP contribution is -2.21. The number of thiocarbonyl (C=S) groups is 1. The summed E-state index contributed by atoms with van der Waals surface area (Å²) in [4.78, 5) is 11.8. The van der Waals surface area contributed by atoms with Crippen molar-refractivity contribution < 1.29 is 19.0 Å². The molecule has 0 atom stereocenters. The molecule has 0 aliphatic carbocycles. The first-order valence-corrected chi connectivity index (χ1v) is 10.4. The second kappa shape index (κ2) is 10.5. The van der Waals surface area contributed by atoms with Gasteiger partial charge in [0.05, 0.1) is 29.9 Å². The topological polar surface area (TPSA) is 68.8 Å². The zero-order valence-corrected chi connectivity index (χ0v) is 18.5. The van der Waals surface area contributed by atoms with Crippen LogP contribution in [-0.2, 0) is 4.79 Å². The van der Waals surface area contributed by atoms with E-state index < -0.39 is 0 Å². The summed E-state index contributed by atoms with van der Waals surface area (Å²) in [6.45, 7) is 3.12. The maximum absolute atomic E-state index is 11.8. The molecule has 6 nitrogen and oxygen atoms in total. The minimum absolute atomic E-state index is 0.265. The average molecular weight is 467 g/mol. The van der Waals surface area contributed by atoms with Gasteiger partial charge >= 0.3 is 0 Å². The third-order valence-electron chi connectivity index (χ3n) is 3.99. The third-order valence-corrected chi connectivity index (χ3v) is 4.79. The Labute approximate surface area is 190 Å². The normalized spacial score (nSPS) is 14.4. The van der Waals surface area contributed by atoms with E-state index in [0.29, 0.717) is 64.8 Å². The number of benzene rings is 2. The predicted octanol–water partition coefficient (Wildman–Crippen LogP) is 4.59. The average Bonchev–Trinajstić information content (AvgIpc) is 3.01. The molecule has 2 aromatic rings. The van der Waals surface area contributed by atoms with E-state index >= 15 is 0 Å². The first-order chi connectivity index (χ1) is 14.5. The molecule has 158 valence electrons. The number of carbonyl (C=O) groups excluding carboxylic acids is 1. The molecule has 0 bridgehead atoms. The minimum Gasteiger partial charge on any atom is -0.492 e. The molecule has 1 fully saturated rings. The van der Waals surface area contributed by atoms with E-state index in [1.807, 2.05) is 25.1 Å². The van der Waals surface area contributed by atoms with Crippen LogP contribution in [0, 0.1) is 0 Å². The maximum Gasteiger partial charge on any atom is 0.273 e. The molecule has 1 aliphatic heterocycles. The summed E-state index contributed by atoms with van der Waals surface area (Å²) in [5.41, 5.74) is 1.02. The summed E-state index contributed by atoms with van der Waals surface area (Å²) in [6, 6.07) is 10.8. The van der Waals surface area contributed by atoms with Gasteiger partial charge in [0.2, 0.25) is 0 Å². The first-order valence-electron chi connectivity index (χ1n) is 9.28. The number of hydrogen-bond donors (Lipinski definition) is 2. The monoisotopic (exact) mass is 466 g/mol. The number of ether oxygens (including phenoxy) is 3. The van der Waals surface area contributed by atoms with Gasteiger partial charge in [-0.05, 0) is 55.0 Å². The number of nitrogens with one attached hydrogen (secondary N) is 2. The predicted molar refractivity (Wildman–Crippen MR) is 122 cm³/mol. The molecule has 0 spiro atoms. The van der Waals surface area contributed by atoms with Crippen molar-refractivity contribution in [2.24, 2.45) is 0 Å². The molecule has 0 saturated carbocycles. The van der Waals surface area contributed by atoms with Crippen molar-refractivity contribution in [1.29, 1.82) is 0 Å². The zero-order valence-electron chi connectivity index (χ0n) is 16.2. The Balaban J connectivity index is 1.64. The van der Waals surface area contributed by atoms with Crippen LogP contribution in [0.25, 0.3) is 6.08 Å². The van der Waals surface area contributed by atoms with Crippen molar-refractivity contribution in [3.8, 4) is 17.2 Å². The van der Waals surface area contributed by atoms with Crippen LogP contribution in [0.3, 0.4) is 0 Å². The van der Waals surface area contributed by atoms with Crippen molar-refractivity contribution >= 4 is 52.5 Å². The van der Waals surface area contributed by atoms with Crippen molar-refractivity contribution in [3.63, 3.8) is 0 Å². The Morgan fingerprint density at radius 1 is 1.00 bits per heavy atom. The molecule has 0 radical (unpaired) electrons. The molecular weight excluding hydrogens is 447 g/mol. The van der Waals surface area contributed by atoms with Crippen LogP contribution in [-0.4, -0.2) is 30.8 Å². The Kier molecular flexibility index (Phi) is 7.79. The zero-order chi connectivity index (χ0) is 21.5. The highest BCUT2D eigenvalue weighted by Crippen LogP contribution is 2.37. The Morgan fingerprint density at radius 2 is 1.77 bits per heavy atom. The Bertz CT molecular complexity index is 981. The number of halogens is 2. The SMILES string of the molecule is CCOc1cc(/C=C2\NC(=S)NC2=O)cc(Cl)c1OCCCOc1ccccc1Cl. The van der Waals surface area contributed by atoms with E-state index in [0.717, 1.165) is 0 Å². The molecule has 0 unspecified atom stereocenters. The van der Waals surface area contributed by atoms with Gasteiger partial charge in [-0.2, -0.15) is 0 Å². The third kappa shape index (κ3) is 5.78. The number of amides is 1. The lowest BCUT2D eigenvalue weighted by atomic mass is 10.1. The summed E-state index contributed by atoms with van der Waals surface area (Å²) >= 11 is 17.4. The molecule has 30 heavy (non-hydrogen) atoms. The lowest BCUT2D eigenvalue weighted by molar-refractivity contribution is -0.115. The molecule has 3 rings (SSSR count). The Hall–Kier alpha value is -2.48. The molecule has 1 amide bonds. The molecule has 9 heteroatoms. The molecule has 1 heterocycles. The fraction of sp³-hybridized carbons (Fsp3) is 0.238. The molecule has 1 aliphatic rings. The van der Waals surface area contributed by atoms with E-state index in [1.54, 1.807) is 24.3 Å². The number of para-hydroxylation sites is 1. The van der Waals surface area contributed by atoms with E-state index in [2.05, 4.69) is 10.6 Å². The lowest BCUT2D eigenvalue weighted by Gasteiger charge is -2.15. The molecule has 2 N–H and O–H groups in total. The molecule has 0 aromatic heterocycles. The van der Waals surface area contributed by atoms with Gasteiger partial charge in [0.25, 0.3) is 5.91 Å². The molecule has 1 saturated heterocycles. The standard InChI is InChI=1S/C21H20Cl2N2O4S/c1-2-27-18-12-13(11-16-20(26)25-21(30)24-16)10-15(23)19(18)29-9-5-8-28-17-7-4-3-6-14(17)22/h3-4,6-7,10-12H,2,5,8-9H2,1H3,(H2,24,25,26,30)/b16-11-. The minimum atomic E-state index is -0.298. The number of rotatable bonds is 9. The quantitative estimate of drug-likeness (QED) is 0.320. The van der Waals surface area contributed by atoms with Crippen LogP contribution in [0.1, 0.15) is 18.9 Å². The fourth-order valence-electron chi connectivity index (χ4n) is 2.70. The van der Waals surface area contributed by atoms with Crippen LogP contribution in [0.4, 0.5) is 0 Å². The summed E-state index contributed by atoms with van der Waals surface area (Å²) in [5.74, 6) is 1.27. The second-order valence-electron chi connectivity index (χ2n) is 6.21. The van der Waals surface area contributed by atoms with Gasteiger partial charge in [0.1, 0.15) is 11.4 Å². The van der Waals surface area contributed by atoms with Crippen molar-refractivity contribution in [2.45, 2.75) is 13.3 Å². The van der Waals surface area contributed by atoms with Gasteiger partial charge in [0, 0.05) is 6.42 Å². The van der Waals surface area contributed by atoms with Gasteiger partial charge in [0.15, 0.2) is 16.6 Å². The molecule has 2 aromatic carbocycles. The van der Waals surface area contributed by atoms with E-state index in [1.165, 1.54) is 0 Å². The summed E-state index contributed by atoms with van der Waals surface area (Å²) in [7, 11) is 0. The van der Waals surface area contributed by atoms with Crippen LogP contribution in [0.2, 0.25) is 10.0 Å². The van der Waals surface area contributed by atoms with Gasteiger partial charge in [-0.25, -0.2) is 0 Å². The van der Waals surface area contributed by atoms with E-state index in [4.69, 9.17) is 49.6 Å². The van der Waals surface area contributed by atoms with Crippen LogP contribution < -0.4 is 24.8 Å². The largest absolute Gasteiger partial charge is 0.492 e. The summed E-state index contributed by atoms with van der Waals surface area (Å²) < 4.78 is 17.2. The first kappa shape index (κ1) is 22.2. The summed E-state index contributed by atoms with van der Waals surface area (Å²) in [6.07, 6.45) is 2.27. The molecular formula is C21H20Cl2N2O4S. The van der Waals surface area contributed by atoms with E-state index in [-0.39, 0.29) is 11.0 Å². The Morgan fingerprint density at radius 3 is 2.47 bits per heavy atom. The van der Waals surface area contributed by atoms with Gasteiger partial charge < -0.3 is 19.5 Å².